The van der Waals surface area contributed by atoms with Gasteiger partial charge in [0.05, 0.1) is 0 Å². The maximum atomic E-state index is 12.1. The lowest BCUT2D eigenvalue weighted by Crippen LogP contribution is -2.45. The lowest BCUT2D eigenvalue weighted by atomic mass is 9.96. The zero-order valence-electron chi connectivity index (χ0n) is 9.03. The van der Waals surface area contributed by atoms with Gasteiger partial charge in [0, 0.05) is 20.1 Å². The topological polar surface area (TPSA) is 66.6 Å². The molecule has 2 rings (SSSR count). The number of urea groups is 1. The molecular formula is C10H17N3O2. The summed E-state index contributed by atoms with van der Waals surface area (Å²) in [5, 5.41) is 0. The summed E-state index contributed by atoms with van der Waals surface area (Å²) in [7, 11) is 1.72. The Bertz CT molecular complexity index is 297. The minimum absolute atomic E-state index is 0.0436. The number of carbonyl (C=O) groups is 2. The first-order valence-corrected chi connectivity index (χ1v) is 5.43. The Hall–Kier alpha value is -1.10. The summed E-state index contributed by atoms with van der Waals surface area (Å²) in [5.41, 5.74) is 4.87. The molecule has 1 saturated carbocycles. The molecule has 3 amide bonds. The van der Waals surface area contributed by atoms with E-state index in [1.54, 1.807) is 11.9 Å². The van der Waals surface area contributed by atoms with Crippen molar-refractivity contribution in [3.63, 3.8) is 0 Å². The molecule has 84 valence electrons. The van der Waals surface area contributed by atoms with E-state index in [1.807, 2.05) is 0 Å². The highest BCUT2D eigenvalue weighted by Crippen LogP contribution is 2.40. The van der Waals surface area contributed by atoms with E-state index in [0.29, 0.717) is 13.1 Å². The van der Waals surface area contributed by atoms with Gasteiger partial charge in [-0.05, 0) is 12.8 Å². The number of rotatable bonds is 2. The first-order chi connectivity index (χ1) is 7.13. The Kier molecular flexibility index (Phi) is 2.42. The normalized spacial score (nSPS) is 24.7. The molecule has 2 aliphatic rings. The molecule has 1 heterocycles. The minimum Gasteiger partial charge on any atom is -0.329 e. The molecule has 0 unspecified atom stereocenters. The van der Waals surface area contributed by atoms with Crippen LogP contribution in [0, 0.1) is 0 Å². The highest BCUT2D eigenvalue weighted by atomic mass is 16.2. The van der Waals surface area contributed by atoms with Gasteiger partial charge in [0.1, 0.15) is 5.54 Å². The van der Waals surface area contributed by atoms with Crippen molar-refractivity contribution in [3.05, 3.63) is 0 Å². The Morgan fingerprint density at radius 1 is 1.33 bits per heavy atom. The summed E-state index contributed by atoms with van der Waals surface area (Å²) in [6.45, 7) is 0.672. The molecule has 1 saturated heterocycles. The minimum atomic E-state index is -0.535. The molecule has 0 aromatic rings. The molecule has 0 aromatic heterocycles. The number of nitrogens with two attached hydrogens (primary N) is 1. The van der Waals surface area contributed by atoms with Gasteiger partial charge in [0.15, 0.2) is 0 Å². The Labute approximate surface area is 89.2 Å². The monoisotopic (exact) mass is 211 g/mol. The van der Waals surface area contributed by atoms with Gasteiger partial charge < -0.3 is 10.6 Å². The average molecular weight is 211 g/mol. The van der Waals surface area contributed by atoms with E-state index in [2.05, 4.69) is 0 Å². The van der Waals surface area contributed by atoms with Gasteiger partial charge in [-0.1, -0.05) is 12.8 Å². The molecule has 1 aliphatic heterocycles. The van der Waals surface area contributed by atoms with Gasteiger partial charge in [0.2, 0.25) is 0 Å². The van der Waals surface area contributed by atoms with Crippen LogP contribution in [0.5, 0.6) is 0 Å². The van der Waals surface area contributed by atoms with Crippen molar-refractivity contribution < 1.29 is 9.59 Å². The maximum absolute atomic E-state index is 12.1. The predicted octanol–water partition coefficient (Wildman–Crippen LogP) is 0.152. The fourth-order valence-electron chi connectivity index (χ4n) is 2.68. The molecular weight excluding hydrogens is 194 g/mol. The molecule has 0 atom stereocenters. The lowest BCUT2D eigenvalue weighted by molar-refractivity contribution is -0.132. The Morgan fingerprint density at radius 2 is 1.93 bits per heavy atom. The fraction of sp³-hybridized carbons (Fsp3) is 0.800. The Balaban J connectivity index is 2.28. The van der Waals surface area contributed by atoms with Crippen LogP contribution in [-0.4, -0.2) is 47.4 Å². The van der Waals surface area contributed by atoms with E-state index >= 15 is 0 Å². The second-order valence-corrected chi connectivity index (χ2v) is 4.33. The van der Waals surface area contributed by atoms with Gasteiger partial charge in [-0.25, -0.2) is 4.79 Å². The van der Waals surface area contributed by atoms with Crippen LogP contribution >= 0.6 is 0 Å². The van der Waals surface area contributed by atoms with Crippen LogP contribution in [-0.2, 0) is 4.79 Å². The van der Waals surface area contributed by atoms with Crippen LogP contribution in [0.1, 0.15) is 25.7 Å². The van der Waals surface area contributed by atoms with Crippen molar-refractivity contribution in [2.24, 2.45) is 5.73 Å². The number of hydrogen-bond acceptors (Lipinski definition) is 3. The first-order valence-electron chi connectivity index (χ1n) is 5.43. The molecule has 1 aliphatic carbocycles. The van der Waals surface area contributed by atoms with Crippen LogP contribution in [0.15, 0.2) is 0 Å². The predicted molar refractivity (Wildman–Crippen MR) is 55.1 cm³/mol. The van der Waals surface area contributed by atoms with E-state index in [0.717, 1.165) is 25.7 Å². The van der Waals surface area contributed by atoms with Gasteiger partial charge in [0.25, 0.3) is 5.91 Å². The van der Waals surface area contributed by atoms with Crippen LogP contribution in [0.2, 0.25) is 0 Å². The molecule has 2 fully saturated rings. The quantitative estimate of drug-likeness (QED) is 0.661. The van der Waals surface area contributed by atoms with E-state index < -0.39 is 5.54 Å². The number of nitrogens with zero attached hydrogens (tertiary/aromatic N) is 2. The smallest absolute Gasteiger partial charge is 0.327 e. The number of carbonyl (C=O) groups excluding carboxylic acids is 2. The fourth-order valence-corrected chi connectivity index (χ4v) is 2.68. The molecule has 0 bridgehead atoms. The van der Waals surface area contributed by atoms with E-state index in [-0.39, 0.29) is 11.9 Å². The van der Waals surface area contributed by atoms with Crippen molar-refractivity contribution in [2.75, 3.05) is 20.1 Å². The average Bonchev–Trinajstić information content (AvgIpc) is 2.77. The van der Waals surface area contributed by atoms with E-state index in [1.165, 1.54) is 4.90 Å². The molecule has 5 heteroatoms. The zero-order chi connectivity index (χ0) is 11.1. The maximum Gasteiger partial charge on any atom is 0.327 e. The van der Waals surface area contributed by atoms with Gasteiger partial charge in [-0.3, -0.25) is 9.69 Å². The third-order valence-electron chi connectivity index (χ3n) is 3.59. The summed E-state index contributed by atoms with van der Waals surface area (Å²) in [5.74, 6) is -0.0436. The standard InChI is InChI=1S/C10H17N3O2/c1-12-9(15)13(7-6-11)8(14)10(12)4-2-3-5-10/h2-7,11H2,1H3. The summed E-state index contributed by atoms with van der Waals surface area (Å²) >= 11 is 0. The second-order valence-electron chi connectivity index (χ2n) is 4.33. The van der Waals surface area contributed by atoms with Crippen LogP contribution in [0.4, 0.5) is 4.79 Å². The van der Waals surface area contributed by atoms with Crippen LogP contribution < -0.4 is 5.73 Å². The summed E-state index contributed by atoms with van der Waals surface area (Å²) in [4.78, 5) is 26.9. The number of likely N-dealkylation sites (N-methyl/N-ethyl adjacent to an activating group) is 1. The summed E-state index contributed by atoms with van der Waals surface area (Å²) in [6, 6.07) is -0.188. The first kappa shape index (κ1) is 10.4. The highest BCUT2D eigenvalue weighted by molar-refractivity contribution is 6.07. The molecule has 2 N–H and O–H groups in total. The van der Waals surface area contributed by atoms with Crippen LogP contribution in [0.25, 0.3) is 0 Å². The molecule has 5 nitrogen and oxygen atoms in total. The molecule has 0 aromatic carbocycles. The number of imide groups is 1. The lowest BCUT2D eigenvalue weighted by Gasteiger charge is -2.27. The number of amides is 3. The van der Waals surface area contributed by atoms with Crippen molar-refractivity contribution in [1.82, 2.24) is 9.80 Å². The molecule has 15 heavy (non-hydrogen) atoms. The zero-order valence-corrected chi connectivity index (χ0v) is 9.03. The van der Waals surface area contributed by atoms with Crippen molar-refractivity contribution in [2.45, 2.75) is 31.2 Å². The van der Waals surface area contributed by atoms with Gasteiger partial charge in [-0.2, -0.15) is 0 Å². The van der Waals surface area contributed by atoms with E-state index in [9.17, 15) is 9.59 Å². The van der Waals surface area contributed by atoms with Crippen LogP contribution in [0.3, 0.4) is 0 Å². The van der Waals surface area contributed by atoms with Gasteiger partial charge in [-0.15, -0.1) is 0 Å². The van der Waals surface area contributed by atoms with Gasteiger partial charge >= 0.3 is 6.03 Å². The largest absolute Gasteiger partial charge is 0.329 e. The summed E-state index contributed by atoms with van der Waals surface area (Å²) < 4.78 is 0. The van der Waals surface area contributed by atoms with Crippen molar-refractivity contribution >= 4 is 11.9 Å². The molecule has 1 spiro atoms. The van der Waals surface area contributed by atoms with Crippen molar-refractivity contribution in [3.8, 4) is 0 Å². The number of hydrogen-bond donors (Lipinski definition) is 1. The second kappa shape index (κ2) is 3.48. The highest BCUT2D eigenvalue weighted by Gasteiger charge is 2.56. The molecule has 0 radical (unpaired) electrons. The van der Waals surface area contributed by atoms with E-state index in [4.69, 9.17) is 5.73 Å². The Morgan fingerprint density at radius 3 is 2.47 bits per heavy atom. The third-order valence-corrected chi connectivity index (χ3v) is 3.59. The van der Waals surface area contributed by atoms with Crippen molar-refractivity contribution in [1.29, 1.82) is 0 Å². The third kappa shape index (κ3) is 1.26. The SMILES string of the molecule is CN1C(=O)N(CCN)C(=O)C12CCCC2. The summed E-state index contributed by atoms with van der Waals surface area (Å²) in [6.07, 6.45) is 3.66.